The van der Waals surface area contributed by atoms with E-state index in [1.807, 2.05) is 37.1 Å². The molecule has 2 aromatic rings. The summed E-state index contributed by atoms with van der Waals surface area (Å²) < 4.78 is 5.30. The van der Waals surface area contributed by atoms with Crippen LogP contribution < -0.4 is 10.2 Å². The molecular formula is C12H16N4O. The van der Waals surface area contributed by atoms with Crippen molar-refractivity contribution in [3.63, 3.8) is 0 Å². The highest BCUT2D eigenvalue weighted by Gasteiger charge is 2.06. The van der Waals surface area contributed by atoms with Crippen LogP contribution in [0, 0.1) is 0 Å². The minimum atomic E-state index is 0.649. The number of anilines is 2. The third-order valence-corrected chi connectivity index (χ3v) is 2.34. The van der Waals surface area contributed by atoms with E-state index in [9.17, 15) is 0 Å². The fraction of sp³-hybridized carbons (Fsp3) is 0.333. The zero-order valence-electron chi connectivity index (χ0n) is 10.1. The van der Waals surface area contributed by atoms with Crippen LogP contribution in [0.2, 0.25) is 0 Å². The highest BCUT2D eigenvalue weighted by atomic mass is 16.3. The van der Waals surface area contributed by atoms with Crippen molar-refractivity contribution in [3.8, 4) is 0 Å². The zero-order chi connectivity index (χ0) is 12.1. The molecule has 0 unspecified atom stereocenters. The fourth-order valence-electron chi connectivity index (χ4n) is 1.52. The molecule has 0 amide bonds. The molecule has 17 heavy (non-hydrogen) atoms. The van der Waals surface area contributed by atoms with Crippen LogP contribution in [-0.4, -0.2) is 23.6 Å². The van der Waals surface area contributed by atoms with Crippen LogP contribution in [0.15, 0.2) is 35.1 Å². The van der Waals surface area contributed by atoms with Gasteiger partial charge in [0.1, 0.15) is 11.6 Å². The second-order valence-corrected chi connectivity index (χ2v) is 3.70. The maximum atomic E-state index is 5.30. The highest BCUT2D eigenvalue weighted by Crippen LogP contribution is 2.13. The maximum Gasteiger partial charge on any atom is 0.224 e. The molecule has 2 heterocycles. The monoisotopic (exact) mass is 232 g/mol. The minimum absolute atomic E-state index is 0.649. The van der Waals surface area contributed by atoms with Crippen LogP contribution in [0.5, 0.6) is 0 Å². The van der Waals surface area contributed by atoms with Gasteiger partial charge in [-0.2, -0.15) is 4.98 Å². The fourth-order valence-corrected chi connectivity index (χ4v) is 1.52. The van der Waals surface area contributed by atoms with Crippen LogP contribution in [0.25, 0.3) is 0 Å². The molecule has 5 heteroatoms. The average molecular weight is 232 g/mol. The molecule has 0 fully saturated rings. The number of furan rings is 1. The molecule has 1 N–H and O–H groups in total. The third-order valence-electron chi connectivity index (χ3n) is 2.34. The lowest BCUT2D eigenvalue weighted by Crippen LogP contribution is -2.18. The van der Waals surface area contributed by atoms with Gasteiger partial charge in [-0.15, -0.1) is 0 Å². The molecule has 0 aliphatic carbocycles. The Labute approximate surface area is 100 Å². The number of rotatable bonds is 5. The first-order valence-electron chi connectivity index (χ1n) is 5.60. The summed E-state index contributed by atoms with van der Waals surface area (Å²) in [5.41, 5.74) is 0. The van der Waals surface area contributed by atoms with E-state index < -0.39 is 0 Å². The molecular weight excluding hydrogens is 216 g/mol. The number of hydrogen-bond acceptors (Lipinski definition) is 5. The first-order chi connectivity index (χ1) is 8.29. The predicted octanol–water partition coefficient (Wildman–Crippen LogP) is 2.14. The van der Waals surface area contributed by atoms with E-state index >= 15 is 0 Å². The average Bonchev–Trinajstić information content (AvgIpc) is 2.83. The van der Waals surface area contributed by atoms with Crippen molar-refractivity contribution in [1.29, 1.82) is 0 Å². The lowest BCUT2D eigenvalue weighted by atomic mass is 10.4. The molecule has 0 aliphatic heterocycles. The Morgan fingerprint density at radius 3 is 3.00 bits per heavy atom. The smallest absolute Gasteiger partial charge is 0.224 e. The van der Waals surface area contributed by atoms with E-state index in [0.717, 1.165) is 18.1 Å². The number of hydrogen-bond donors (Lipinski definition) is 1. The van der Waals surface area contributed by atoms with Crippen molar-refractivity contribution >= 4 is 11.8 Å². The largest absolute Gasteiger partial charge is 0.467 e. The molecule has 0 saturated heterocycles. The van der Waals surface area contributed by atoms with Gasteiger partial charge in [0.25, 0.3) is 0 Å². The summed E-state index contributed by atoms with van der Waals surface area (Å²) in [4.78, 5) is 10.6. The summed E-state index contributed by atoms with van der Waals surface area (Å²) in [6.45, 7) is 3.52. The molecule has 0 atom stereocenters. The van der Waals surface area contributed by atoms with Gasteiger partial charge in [0.05, 0.1) is 12.8 Å². The van der Waals surface area contributed by atoms with E-state index in [1.54, 1.807) is 12.5 Å². The summed E-state index contributed by atoms with van der Waals surface area (Å²) in [5.74, 6) is 2.43. The summed E-state index contributed by atoms with van der Waals surface area (Å²) >= 11 is 0. The number of nitrogens with one attached hydrogen (secondary N) is 1. The molecule has 2 aromatic heterocycles. The minimum Gasteiger partial charge on any atom is -0.467 e. The van der Waals surface area contributed by atoms with Gasteiger partial charge < -0.3 is 14.6 Å². The van der Waals surface area contributed by atoms with Gasteiger partial charge in [-0.05, 0) is 25.1 Å². The van der Waals surface area contributed by atoms with Crippen molar-refractivity contribution < 1.29 is 4.42 Å². The van der Waals surface area contributed by atoms with Crippen molar-refractivity contribution in [2.45, 2.75) is 13.5 Å². The third kappa shape index (κ3) is 2.96. The molecule has 0 bridgehead atoms. The van der Waals surface area contributed by atoms with Crippen LogP contribution >= 0.6 is 0 Å². The highest BCUT2D eigenvalue weighted by molar-refractivity contribution is 5.41. The van der Waals surface area contributed by atoms with Crippen LogP contribution in [0.3, 0.4) is 0 Å². The molecule has 5 nitrogen and oxygen atoms in total. The lowest BCUT2D eigenvalue weighted by molar-refractivity contribution is 0.507. The topological polar surface area (TPSA) is 54.2 Å². The summed E-state index contributed by atoms with van der Waals surface area (Å²) in [6.07, 6.45) is 3.42. The zero-order valence-corrected chi connectivity index (χ0v) is 10.1. The van der Waals surface area contributed by atoms with Gasteiger partial charge in [0.15, 0.2) is 0 Å². The van der Waals surface area contributed by atoms with E-state index in [-0.39, 0.29) is 0 Å². The maximum absolute atomic E-state index is 5.30. The number of aromatic nitrogens is 2. The molecule has 0 radical (unpaired) electrons. The second kappa shape index (κ2) is 5.34. The van der Waals surface area contributed by atoms with Crippen LogP contribution in [0.1, 0.15) is 12.7 Å². The Hall–Kier alpha value is -2.04. The molecule has 0 aliphatic rings. The standard InChI is InChI=1S/C12H16N4O/c1-3-13-12-14-7-6-11(15-12)16(2)9-10-5-4-8-17-10/h4-8H,3,9H2,1-2H3,(H,13,14,15). The van der Waals surface area contributed by atoms with Gasteiger partial charge >= 0.3 is 0 Å². The summed E-state index contributed by atoms with van der Waals surface area (Å²) in [5, 5.41) is 3.09. The SMILES string of the molecule is CCNc1nccc(N(C)Cc2ccco2)n1. The number of nitrogens with zero attached hydrogens (tertiary/aromatic N) is 3. The van der Waals surface area contributed by atoms with Gasteiger partial charge in [-0.25, -0.2) is 4.98 Å². The molecule has 90 valence electrons. The molecule has 2 rings (SSSR count). The van der Waals surface area contributed by atoms with Crippen molar-refractivity contribution in [1.82, 2.24) is 9.97 Å². The van der Waals surface area contributed by atoms with Crippen molar-refractivity contribution in [2.24, 2.45) is 0 Å². The Morgan fingerprint density at radius 1 is 1.41 bits per heavy atom. The van der Waals surface area contributed by atoms with Crippen molar-refractivity contribution in [3.05, 3.63) is 36.4 Å². The van der Waals surface area contributed by atoms with Gasteiger partial charge in [0.2, 0.25) is 5.95 Å². The van der Waals surface area contributed by atoms with E-state index in [2.05, 4.69) is 15.3 Å². The Bertz CT molecular complexity index is 455. The van der Waals surface area contributed by atoms with Crippen LogP contribution in [0.4, 0.5) is 11.8 Å². The van der Waals surface area contributed by atoms with E-state index in [1.165, 1.54) is 0 Å². The predicted molar refractivity (Wildman–Crippen MR) is 67.0 cm³/mol. The van der Waals surface area contributed by atoms with Gasteiger partial charge in [-0.1, -0.05) is 0 Å². The Balaban J connectivity index is 2.07. The quantitative estimate of drug-likeness (QED) is 0.856. The van der Waals surface area contributed by atoms with Gasteiger partial charge in [0, 0.05) is 19.8 Å². The summed E-state index contributed by atoms with van der Waals surface area (Å²) in [7, 11) is 1.97. The Morgan fingerprint density at radius 2 is 2.29 bits per heavy atom. The normalized spacial score (nSPS) is 10.2. The molecule has 0 spiro atoms. The molecule has 0 saturated carbocycles. The van der Waals surface area contributed by atoms with Gasteiger partial charge in [-0.3, -0.25) is 0 Å². The molecule has 0 aromatic carbocycles. The lowest BCUT2D eigenvalue weighted by Gasteiger charge is -2.17. The Kier molecular flexibility index (Phi) is 3.59. The van der Waals surface area contributed by atoms with Crippen molar-refractivity contribution in [2.75, 3.05) is 23.8 Å². The van der Waals surface area contributed by atoms with Crippen LogP contribution in [-0.2, 0) is 6.54 Å². The van der Waals surface area contributed by atoms with E-state index in [0.29, 0.717) is 12.5 Å². The van der Waals surface area contributed by atoms with E-state index in [4.69, 9.17) is 4.42 Å². The summed E-state index contributed by atoms with van der Waals surface area (Å²) in [6, 6.07) is 5.71. The first kappa shape index (κ1) is 11.4. The second-order valence-electron chi connectivity index (χ2n) is 3.70. The first-order valence-corrected chi connectivity index (χ1v) is 5.60.